The van der Waals surface area contributed by atoms with E-state index in [1.165, 1.54) is 0 Å². The number of hydrogen-bond acceptors (Lipinski definition) is 5. The number of phenolic OH excluding ortho intramolecular Hbond substituents is 1. The molecule has 0 saturated carbocycles. The summed E-state index contributed by atoms with van der Waals surface area (Å²) >= 11 is 5.99. The van der Waals surface area contributed by atoms with Crippen molar-refractivity contribution in [3.63, 3.8) is 0 Å². The average molecular weight is 384 g/mol. The number of anilines is 1. The number of nitrogens with zero attached hydrogens (tertiary/aromatic N) is 2. The first-order valence-corrected chi connectivity index (χ1v) is 9.23. The molecule has 1 aromatic heterocycles. The Morgan fingerprint density at radius 1 is 0.926 bits per heavy atom. The Hall–Kier alpha value is -2.63. The highest BCUT2D eigenvalue weighted by Gasteiger charge is 2.10. The number of aliphatic hydroxyl groups is 1. The molecule has 0 saturated heterocycles. The van der Waals surface area contributed by atoms with Gasteiger partial charge in [0.2, 0.25) is 5.95 Å². The monoisotopic (exact) mass is 383 g/mol. The van der Waals surface area contributed by atoms with Gasteiger partial charge in [0.1, 0.15) is 5.75 Å². The number of rotatable bonds is 8. The Labute approximate surface area is 163 Å². The maximum Gasteiger partial charge on any atom is 0.222 e. The van der Waals surface area contributed by atoms with Crippen molar-refractivity contribution < 1.29 is 10.2 Å². The molecule has 0 fully saturated rings. The lowest BCUT2D eigenvalue weighted by Gasteiger charge is -2.12. The van der Waals surface area contributed by atoms with Crippen LogP contribution >= 0.6 is 11.6 Å². The zero-order chi connectivity index (χ0) is 19.1. The normalized spacial score (nSPS) is 10.7. The van der Waals surface area contributed by atoms with E-state index in [2.05, 4.69) is 15.3 Å². The van der Waals surface area contributed by atoms with Gasteiger partial charge in [-0.2, -0.15) is 0 Å². The standard InChI is InChI=1S/C21H22ClN3O2/c22-18-6-2-16(3-7-18)13-20-17(12-15-4-8-19(27)9-5-15)14-24-21(25-20)23-10-1-11-26/h2-9,14,26-27H,1,10-13H2,(H,23,24,25). The quantitative estimate of drug-likeness (QED) is 0.515. The Morgan fingerprint density at radius 2 is 1.59 bits per heavy atom. The molecule has 0 radical (unpaired) electrons. The maximum absolute atomic E-state index is 9.47. The predicted molar refractivity (Wildman–Crippen MR) is 107 cm³/mol. The van der Waals surface area contributed by atoms with Gasteiger partial charge in [0.15, 0.2) is 0 Å². The van der Waals surface area contributed by atoms with Crippen LogP contribution in [0.1, 0.15) is 28.8 Å². The molecule has 3 N–H and O–H groups in total. The third kappa shape index (κ3) is 5.67. The van der Waals surface area contributed by atoms with Gasteiger partial charge in [0.05, 0.1) is 5.69 Å². The van der Waals surface area contributed by atoms with Gasteiger partial charge in [0.25, 0.3) is 0 Å². The van der Waals surface area contributed by atoms with Crippen LogP contribution in [0.25, 0.3) is 0 Å². The number of aromatic nitrogens is 2. The summed E-state index contributed by atoms with van der Waals surface area (Å²) < 4.78 is 0. The van der Waals surface area contributed by atoms with Gasteiger partial charge in [-0.1, -0.05) is 35.9 Å². The molecule has 0 aliphatic carbocycles. The van der Waals surface area contributed by atoms with Crippen LogP contribution in [0, 0.1) is 0 Å². The summed E-state index contributed by atoms with van der Waals surface area (Å²) in [5, 5.41) is 22.3. The average Bonchev–Trinajstić information content (AvgIpc) is 2.67. The molecule has 0 aliphatic heterocycles. The summed E-state index contributed by atoms with van der Waals surface area (Å²) in [6.45, 7) is 0.748. The van der Waals surface area contributed by atoms with Crippen LogP contribution in [-0.2, 0) is 12.8 Å². The largest absolute Gasteiger partial charge is 0.508 e. The second-order valence-electron chi connectivity index (χ2n) is 6.32. The second kappa shape index (κ2) is 9.35. The minimum Gasteiger partial charge on any atom is -0.508 e. The van der Waals surface area contributed by atoms with Gasteiger partial charge in [-0.3, -0.25) is 0 Å². The summed E-state index contributed by atoms with van der Waals surface area (Å²) in [7, 11) is 0. The highest BCUT2D eigenvalue weighted by Crippen LogP contribution is 2.20. The van der Waals surface area contributed by atoms with E-state index in [1.807, 2.05) is 42.6 Å². The van der Waals surface area contributed by atoms with Crippen LogP contribution in [0.4, 0.5) is 5.95 Å². The van der Waals surface area contributed by atoms with E-state index >= 15 is 0 Å². The van der Waals surface area contributed by atoms with Crippen LogP contribution in [0.5, 0.6) is 5.75 Å². The van der Waals surface area contributed by atoms with Gasteiger partial charge in [0, 0.05) is 37.2 Å². The third-order valence-electron chi connectivity index (χ3n) is 4.19. The zero-order valence-electron chi connectivity index (χ0n) is 14.9. The molecule has 0 atom stereocenters. The number of nitrogens with one attached hydrogen (secondary N) is 1. The summed E-state index contributed by atoms with van der Waals surface area (Å²) in [5.41, 5.74) is 4.16. The van der Waals surface area contributed by atoms with Crippen molar-refractivity contribution >= 4 is 17.5 Å². The van der Waals surface area contributed by atoms with E-state index in [0.717, 1.165) is 22.4 Å². The molecular formula is C21H22ClN3O2. The van der Waals surface area contributed by atoms with Gasteiger partial charge < -0.3 is 15.5 Å². The molecule has 0 aliphatic rings. The van der Waals surface area contributed by atoms with Gasteiger partial charge >= 0.3 is 0 Å². The first-order valence-electron chi connectivity index (χ1n) is 8.86. The van der Waals surface area contributed by atoms with E-state index in [0.29, 0.717) is 36.8 Å². The fourth-order valence-corrected chi connectivity index (χ4v) is 2.86. The van der Waals surface area contributed by atoms with Crippen molar-refractivity contribution in [3.05, 3.63) is 82.1 Å². The number of phenols is 1. The van der Waals surface area contributed by atoms with E-state index < -0.39 is 0 Å². The number of aliphatic hydroxyl groups excluding tert-OH is 1. The lowest BCUT2D eigenvalue weighted by Crippen LogP contribution is -2.10. The molecule has 3 rings (SSSR count). The van der Waals surface area contributed by atoms with Crippen molar-refractivity contribution in [1.82, 2.24) is 9.97 Å². The van der Waals surface area contributed by atoms with Crippen LogP contribution in [0.3, 0.4) is 0 Å². The Balaban J connectivity index is 1.85. The Morgan fingerprint density at radius 3 is 2.30 bits per heavy atom. The molecule has 2 aromatic carbocycles. The molecule has 6 heteroatoms. The van der Waals surface area contributed by atoms with Crippen LogP contribution in [0.15, 0.2) is 54.7 Å². The predicted octanol–water partition coefficient (Wildman–Crippen LogP) is 3.81. The minimum atomic E-state index is 0.129. The fourth-order valence-electron chi connectivity index (χ4n) is 2.74. The summed E-state index contributed by atoms with van der Waals surface area (Å²) in [4.78, 5) is 9.10. The zero-order valence-corrected chi connectivity index (χ0v) is 15.7. The summed E-state index contributed by atoms with van der Waals surface area (Å²) in [6, 6.07) is 14.9. The Kier molecular flexibility index (Phi) is 6.63. The molecule has 0 bridgehead atoms. The smallest absolute Gasteiger partial charge is 0.222 e. The van der Waals surface area contributed by atoms with E-state index in [-0.39, 0.29) is 12.4 Å². The Bertz CT molecular complexity index is 868. The van der Waals surface area contributed by atoms with Crippen LogP contribution in [-0.4, -0.2) is 33.3 Å². The van der Waals surface area contributed by atoms with Crippen LogP contribution in [0.2, 0.25) is 5.02 Å². The number of aromatic hydroxyl groups is 1. The maximum atomic E-state index is 9.47. The van der Waals surface area contributed by atoms with E-state index in [1.54, 1.807) is 12.1 Å². The highest BCUT2D eigenvalue weighted by molar-refractivity contribution is 6.30. The number of benzene rings is 2. The minimum absolute atomic E-state index is 0.129. The number of hydrogen-bond donors (Lipinski definition) is 3. The molecule has 0 amide bonds. The highest BCUT2D eigenvalue weighted by atomic mass is 35.5. The van der Waals surface area contributed by atoms with E-state index in [4.69, 9.17) is 16.7 Å². The molecule has 3 aromatic rings. The lowest BCUT2D eigenvalue weighted by molar-refractivity contribution is 0.292. The molecule has 0 unspecified atom stereocenters. The first-order chi connectivity index (χ1) is 13.1. The summed E-state index contributed by atoms with van der Waals surface area (Å²) in [6.07, 6.45) is 3.83. The van der Waals surface area contributed by atoms with Crippen molar-refractivity contribution in [3.8, 4) is 5.75 Å². The van der Waals surface area contributed by atoms with Gasteiger partial charge in [-0.15, -0.1) is 0 Å². The van der Waals surface area contributed by atoms with Crippen LogP contribution < -0.4 is 5.32 Å². The topological polar surface area (TPSA) is 78.3 Å². The van der Waals surface area contributed by atoms with Gasteiger partial charge in [-0.25, -0.2) is 9.97 Å². The molecule has 27 heavy (non-hydrogen) atoms. The molecular weight excluding hydrogens is 362 g/mol. The first kappa shape index (κ1) is 19.1. The third-order valence-corrected chi connectivity index (χ3v) is 4.44. The number of halogens is 1. The van der Waals surface area contributed by atoms with Crippen molar-refractivity contribution in [2.75, 3.05) is 18.5 Å². The lowest BCUT2D eigenvalue weighted by atomic mass is 10.0. The van der Waals surface area contributed by atoms with Crippen molar-refractivity contribution in [2.45, 2.75) is 19.3 Å². The molecule has 5 nitrogen and oxygen atoms in total. The molecule has 140 valence electrons. The second-order valence-corrected chi connectivity index (χ2v) is 6.75. The molecule has 0 spiro atoms. The SMILES string of the molecule is OCCCNc1ncc(Cc2ccc(O)cc2)c(Cc2ccc(Cl)cc2)n1. The molecule has 1 heterocycles. The van der Waals surface area contributed by atoms with E-state index in [9.17, 15) is 5.11 Å². The van der Waals surface area contributed by atoms with Crippen molar-refractivity contribution in [2.24, 2.45) is 0 Å². The summed E-state index contributed by atoms with van der Waals surface area (Å²) in [5.74, 6) is 0.807. The van der Waals surface area contributed by atoms with Gasteiger partial charge in [-0.05, 0) is 47.4 Å². The fraction of sp³-hybridized carbons (Fsp3) is 0.238. The van der Waals surface area contributed by atoms with Crippen molar-refractivity contribution in [1.29, 1.82) is 0 Å².